The van der Waals surface area contributed by atoms with Crippen molar-refractivity contribution in [1.29, 1.82) is 0 Å². The van der Waals surface area contributed by atoms with Crippen LogP contribution in [0, 0.1) is 12.8 Å². The molecule has 0 aromatic carbocycles. The van der Waals surface area contributed by atoms with Crippen molar-refractivity contribution in [2.75, 3.05) is 6.54 Å². The quantitative estimate of drug-likeness (QED) is 0.810. The highest BCUT2D eigenvalue weighted by molar-refractivity contribution is 7.13. The molecule has 1 fully saturated rings. The minimum Gasteiger partial charge on any atom is -0.440 e. The van der Waals surface area contributed by atoms with Crippen LogP contribution < -0.4 is 11.1 Å². The SMILES string of the molecule is Cc1oc(-c2cccs2)nc1CC(=O)NCC(N)C1CC1.Cl.Cl. The molecular weight excluding hydrogens is 357 g/mol. The first-order valence-corrected chi connectivity index (χ1v) is 8.04. The minimum absolute atomic E-state index is 0. The smallest absolute Gasteiger partial charge is 0.236 e. The number of rotatable bonds is 6. The van der Waals surface area contributed by atoms with Gasteiger partial charge in [0.1, 0.15) is 5.76 Å². The van der Waals surface area contributed by atoms with Crippen LogP contribution in [-0.2, 0) is 11.2 Å². The Morgan fingerprint density at radius 2 is 2.26 bits per heavy atom. The lowest BCUT2D eigenvalue weighted by molar-refractivity contribution is -0.120. The number of nitrogens with one attached hydrogen (secondary N) is 1. The number of thiophene rings is 1. The maximum atomic E-state index is 12.0. The van der Waals surface area contributed by atoms with Crippen molar-refractivity contribution in [2.24, 2.45) is 11.7 Å². The highest BCUT2D eigenvalue weighted by Gasteiger charge is 2.28. The zero-order valence-electron chi connectivity index (χ0n) is 12.8. The van der Waals surface area contributed by atoms with E-state index >= 15 is 0 Å². The first-order valence-electron chi connectivity index (χ1n) is 7.16. The molecule has 2 heterocycles. The standard InChI is InChI=1S/C15H19N3O2S.2ClH/c1-9-12(18-15(20-9)13-3-2-6-21-13)7-14(19)17-8-11(16)10-4-5-10;;/h2-3,6,10-11H,4-5,7-8,16H2,1H3,(H,17,19);2*1H. The number of aryl methyl sites for hydroxylation is 1. The van der Waals surface area contributed by atoms with Crippen molar-refractivity contribution in [3.63, 3.8) is 0 Å². The summed E-state index contributed by atoms with van der Waals surface area (Å²) < 4.78 is 5.63. The fourth-order valence-electron chi connectivity index (χ4n) is 2.23. The Morgan fingerprint density at radius 1 is 1.52 bits per heavy atom. The molecule has 0 aliphatic heterocycles. The largest absolute Gasteiger partial charge is 0.440 e. The molecule has 1 unspecified atom stereocenters. The highest BCUT2D eigenvalue weighted by atomic mass is 35.5. The molecule has 3 rings (SSSR count). The van der Waals surface area contributed by atoms with E-state index in [-0.39, 0.29) is 43.2 Å². The van der Waals surface area contributed by atoms with Crippen LogP contribution >= 0.6 is 36.2 Å². The van der Waals surface area contributed by atoms with Gasteiger partial charge in [0.2, 0.25) is 11.8 Å². The van der Waals surface area contributed by atoms with Gasteiger partial charge < -0.3 is 15.5 Å². The van der Waals surface area contributed by atoms with Crippen molar-refractivity contribution in [1.82, 2.24) is 10.3 Å². The molecule has 3 N–H and O–H groups in total. The third-order valence-corrected chi connectivity index (χ3v) is 4.57. The summed E-state index contributed by atoms with van der Waals surface area (Å²) in [6, 6.07) is 3.98. The van der Waals surface area contributed by atoms with Gasteiger partial charge >= 0.3 is 0 Å². The van der Waals surface area contributed by atoms with E-state index in [1.165, 1.54) is 12.8 Å². The Labute approximate surface area is 151 Å². The number of aromatic nitrogens is 1. The summed E-state index contributed by atoms with van der Waals surface area (Å²) in [7, 11) is 0. The first kappa shape index (κ1) is 20.0. The van der Waals surface area contributed by atoms with E-state index in [0.717, 1.165) is 4.88 Å². The number of oxazole rings is 1. The van der Waals surface area contributed by atoms with Crippen LogP contribution in [0.1, 0.15) is 24.3 Å². The number of carbonyl (C=O) groups excluding carboxylic acids is 1. The fourth-order valence-corrected chi connectivity index (χ4v) is 2.88. The average Bonchev–Trinajstić information content (AvgIpc) is 3.05. The molecule has 1 aliphatic carbocycles. The second kappa shape index (κ2) is 8.68. The van der Waals surface area contributed by atoms with Crippen molar-refractivity contribution >= 4 is 42.1 Å². The lowest BCUT2D eigenvalue weighted by atomic mass is 10.2. The van der Waals surface area contributed by atoms with Gasteiger partial charge in [-0.3, -0.25) is 4.79 Å². The van der Waals surface area contributed by atoms with E-state index in [1.54, 1.807) is 11.3 Å². The maximum absolute atomic E-state index is 12.0. The van der Waals surface area contributed by atoms with Crippen LogP contribution in [0.4, 0.5) is 0 Å². The van der Waals surface area contributed by atoms with Crippen molar-refractivity contribution < 1.29 is 9.21 Å². The van der Waals surface area contributed by atoms with Crippen LogP contribution in [0.3, 0.4) is 0 Å². The van der Waals surface area contributed by atoms with Gasteiger partial charge in [0.25, 0.3) is 0 Å². The molecule has 0 bridgehead atoms. The van der Waals surface area contributed by atoms with Gasteiger partial charge in [-0.05, 0) is 37.1 Å². The van der Waals surface area contributed by atoms with Crippen LogP contribution in [0.15, 0.2) is 21.9 Å². The molecule has 1 aliphatic rings. The molecule has 1 atom stereocenters. The summed E-state index contributed by atoms with van der Waals surface area (Å²) in [6.45, 7) is 2.38. The lowest BCUT2D eigenvalue weighted by Crippen LogP contribution is -2.39. The Morgan fingerprint density at radius 3 is 2.87 bits per heavy atom. The lowest BCUT2D eigenvalue weighted by Gasteiger charge is -2.10. The predicted octanol–water partition coefficient (Wildman–Crippen LogP) is 2.95. The maximum Gasteiger partial charge on any atom is 0.236 e. The second-order valence-corrected chi connectivity index (χ2v) is 6.43. The molecule has 23 heavy (non-hydrogen) atoms. The zero-order chi connectivity index (χ0) is 14.8. The van der Waals surface area contributed by atoms with E-state index in [4.69, 9.17) is 10.2 Å². The molecular formula is C15H21Cl2N3O2S. The summed E-state index contributed by atoms with van der Waals surface area (Å²) in [6.07, 6.45) is 2.60. The molecule has 0 spiro atoms. The number of hydrogen-bond acceptors (Lipinski definition) is 5. The van der Waals surface area contributed by atoms with Gasteiger partial charge in [0, 0.05) is 12.6 Å². The fraction of sp³-hybridized carbons (Fsp3) is 0.467. The molecule has 8 heteroatoms. The van der Waals surface area contributed by atoms with Crippen molar-refractivity contribution in [2.45, 2.75) is 32.2 Å². The minimum atomic E-state index is -0.0553. The molecule has 1 amide bonds. The van der Waals surface area contributed by atoms with E-state index in [9.17, 15) is 4.79 Å². The summed E-state index contributed by atoms with van der Waals surface area (Å²) in [4.78, 5) is 17.4. The Hall–Kier alpha value is -1.08. The Bertz CT molecular complexity index is 627. The molecule has 0 radical (unpaired) electrons. The predicted molar refractivity (Wildman–Crippen MR) is 96.5 cm³/mol. The van der Waals surface area contributed by atoms with Gasteiger partial charge in [0.15, 0.2) is 0 Å². The molecule has 128 valence electrons. The summed E-state index contributed by atoms with van der Waals surface area (Å²) in [5, 5.41) is 4.85. The molecule has 5 nitrogen and oxygen atoms in total. The number of nitrogens with zero attached hydrogens (tertiary/aromatic N) is 1. The molecule has 1 saturated carbocycles. The molecule has 2 aromatic rings. The number of halogens is 2. The Balaban J connectivity index is 0.00000132. The van der Waals surface area contributed by atoms with Crippen LogP contribution in [-0.4, -0.2) is 23.5 Å². The first-order chi connectivity index (χ1) is 10.1. The van der Waals surface area contributed by atoms with Gasteiger partial charge in [-0.25, -0.2) is 4.98 Å². The van der Waals surface area contributed by atoms with E-state index < -0.39 is 0 Å². The van der Waals surface area contributed by atoms with E-state index in [0.29, 0.717) is 29.8 Å². The summed E-state index contributed by atoms with van der Waals surface area (Å²) >= 11 is 1.57. The normalized spacial score (nSPS) is 14.5. The van der Waals surface area contributed by atoms with Gasteiger partial charge in [-0.1, -0.05) is 6.07 Å². The monoisotopic (exact) mass is 377 g/mol. The van der Waals surface area contributed by atoms with Crippen LogP contribution in [0.2, 0.25) is 0 Å². The van der Waals surface area contributed by atoms with Crippen molar-refractivity contribution in [3.8, 4) is 10.8 Å². The summed E-state index contributed by atoms with van der Waals surface area (Å²) in [5.74, 6) is 1.81. The third kappa shape index (κ3) is 5.21. The van der Waals surface area contributed by atoms with E-state index in [2.05, 4.69) is 10.3 Å². The number of amides is 1. The summed E-state index contributed by atoms with van der Waals surface area (Å²) in [5.41, 5.74) is 6.66. The van der Waals surface area contributed by atoms with Gasteiger partial charge in [-0.15, -0.1) is 36.2 Å². The topological polar surface area (TPSA) is 81.2 Å². The average molecular weight is 378 g/mol. The van der Waals surface area contributed by atoms with Gasteiger partial charge in [0.05, 0.1) is 17.0 Å². The number of hydrogen-bond donors (Lipinski definition) is 2. The van der Waals surface area contributed by atoms with Crippen molar-refractivity contribution in [3.05, 3.63) is 29.0 Å². The van der Waals surface area contributed by atoms with Gasteiger partial charge in [-0.2, -0.15) is 0 Å². The number of nitrogens with two attached hydrogens (primary N) is 1. The zero-order valence-corrected chi connectivity index (χ0v) is 15.2. The number of carbonyl (C=O) groups is 1. The molecule has 2 aromatic heterocycles. The van der Waals surface area contributed by atoms with E-state index in [1.807, 2.05) is 24.4 Å². The van der Waals surface area contributed by atoms with Crippen LogP contribution in [0.5, 0.6) is 0 Å². The third-order valence-electron chi connectivity index (χ3n) is 3.72. The molecule has 0 saturated heterocycles. The Kier molecular flexibility index (Phi) is 7.54. The second-order valence-electron chi connectivity index (χ2n) is 5.48. The van der Waals surface area contributed by atoms with Crippen LogP contribution in [0.25, 0.3) is 10.8 Å². The highest BCUT2D eigenvalue weighted by Crippen LogP contribution is 2.31.